The Labute approximate surface area is 133 Å². The van der Waals surface area contributed by atoms with Gasteiger partial charge in [0.25, 0.3) is 0 Å². The van der Waals surface area contributed by atoms with E-state index in [1.165, 1.54) is 0 Å². The Morgan fingerprint density at radius 3 is 1.21 bits per heavy atom. The number of esters is 2. The molecule has 2 radical (unpaired) electrons. The van der Waals surface area contributed by atoms with Gasteiger partial charge in [0, 0.05) is 12.8 Å². The second kappa shape index (κ2) is 8.82. The van der Waals surface area contributed by atoms with Gasteiger partial charge >= 0.3 is 35.8 Å². The van der Waals surface area contributed by atoms with Gasteiger partial charge in [0.15, 0.2) is 0 Å². The van der Waals surface area contributed by atoms with E-state index >= 15 is 0 Å². The zero-order valence-corrected chi connectivity index (χ0v) is 17.2. The Bertz CT molecular complexity index is 257. The number of rotatable bonds is 5. The zero-order valence-electron chi connectivity index (χ0n) is 13.2. The minimum atomic E-state index is -0.442. The summed E-state index contributed by atoms with van der Waals surface area (Å²) in [5.74, 6) is -0.432. The van der Waals surface area contributed by atoms with Crippen molar-refractivity contribution in [3.63, 3.8) is 0 Å². The molecular weight excluding hydrogens is 351 g/mol. The maximum atomic E-state index is 11.4. The van der Waals surface area contributed by atoms with Crippen LogP contribution in [0.2, 0.25) is 0 Å². The van der Waals surface area contributed by atoms with Crippen molar-refractivity contribution in [2.45, 2.75) is 78.4 Å². The fourth-order valence-electron chi connectivity index (χ4n) is 1.32. The number of carbonyl (C=O) groups excluding carboxylic acids is 2. The van der Waals surface area contributed by atoms with E-state index in [1.807, 2.05) is 41.5 Å². The molecule has 0 saturated heterocycles. The summed E-state index contributed by atoms with van der Waals surface area (Å²) in [7, 11) is 0. The summed E-state index contributed by atoms with van der Waals surface area (Å²) in [6, 6.07) is 0. The maximum absolute atomic E-state index is 11.4. The number of hydrogen-bond acceptors (Lipinski definition) is 4. The van der Waals surface area contributed by atoms with E-state index in [1.54, 1.807) is 0 Å². The summed E-state index contributed by atoms with van der Waals surface area (Å²) in [5.41, 5.74) is -0.884. The Kier molecular flexibility index (Phi) is 9.77. The van der Waals surface area contributed by atoms with E-state index in [-0.39, 0.29) is 35.8 Å². The van der Waals surface area contributed by atoms with Crippen LogP contribution in [0, 0.1) is 0 Å². The van der Waals surface area contributed by atoms with Gasteiger partial charge in [-0.3, -0.25) is 9.59 Å². The molecule has 0 aliphatic rings. The minimum absolute atomic E-state index is 0. The van der Waals surface area contributed by atoms with Crippen LogP contribution >= 0.6 is 0 Å². The first-order valence-corrected chi connectivity index (χ1v) is 6.43. The van der Waals surface area contributed by atoms with E-state index in [9.17, 15) is 9.59 Å². The van der Waals surface area contributed by atoms with Crippen LogP contribution in [0.4, 0.5) is 0 Å². The van der Waals surface area contributed by atoms with E-state index < -0.39 is 11.2 Å². The number of ether oxygens (including phenoxy) is 2. The van der Waals surface area contributed by atoms with Crippen LogP contribution in [0.15, 0.2) is 0 Å². The number of hydrogen-bond donors (Lipinski definition) is 0. The molecule has 112 valence electrons. The second-order valence-electron chi connectivity index (χ2n) is 6.38. The molecule has 0 rings (SSSR count). The third kappa shape index (κ3) is 15.7. The second-order valence-corrected chi connectivity index (χ2v) is 6.38. The zero-order chi connectivity index (χ0) is 14.4. The van der Waals surface area contributed by atoms with Gasteiger partial charge in [-0.2, -0.15) is 0 Å². The fourth-order valence-corrected chi connectivity index (χ4v) is 1.32. The predicted octanol–water partition coefficient (Wildman–Crippen LogP) is 2.31. The first-order valence-electron chi connectivity index (χ1n) is 6.43. The molecular formula is C14H28O4Sn. The molecule has 0 aromatic rings. The van der Waals surface area contributed by atoms with Gasteiger partial charge in [0.05, 0.1) is 0 Å². The van der Waals surface area contributed by atoms with Gasteiger partial charge in [-0.1, -0.05) is 0 Å². The molecule has 19 heavy (non-hydrogen) atoms. The summed E-state index contributed by atoms with van der Waals surface area (Å²) < 4.78 is 10.3. The first kappa shape index (κ1) is 21.0. The van der Waals surface area contributed by atoms with Crippen molar-refractivity contribution in [2.24, 2.45) is 0 Å². The molecule has 0 aliphatic heterocycles. The average molecular weight is 379 g/mol. The predicted molar refractivity (Wildman–Crippen MR) is 78.7 cm³/mol. The number of unbranched alkanes of at least 4 members (excludes halogenated alkanes) is 1. The van der Waals surface area contributed by atoms with Crippen LogP contribution < -0.4 is 0 Å². The molecule has 0 N–H and O–H groups in total. The standard InChI is InChI=1S/C14H26O4.Sn.2H/c1-13(2,3)17-11(15)9-7-8-10-12(16)18-14(4,5)6;;;/h7-10H2,1-6H3;;;. The number of carbonyl (C=O) groups is 2. The van der Waals surface area contributed by atoms with Crippen molar-refractivity contribution < 1.29 is 19.1 Å². The van der Waals surface area contributed by atoms with Gasteiger partial charge in [-0.05, 0) is 54.4 Å². The fraction of sp³-hybridized carbons (Fsp3) is 0.857. The molecule has 0 aromatic heterocycles. The molecule has 0 aliphatic carbocycles. The van der Waals surface area contributed by atoms with E-state index in [4.69, 9.17) is 9.47 Å². The molecule has 4 nitrogen and oxygen atoms in total. The van der Waals surface area contributed by atoms with Crippen LogP contribution in [0.25, 0.3) is 0 Å². The quantitative estimate of drug-likeness (QED) is 0.418. The van der Waals surface area contributed by atoms with Crippen molar-refractivity contribution in [3.8, 4) is 0 Å². The summed E-state index contributed by atoms with van der Waals surface area (Å²) in [4.78, 5) is 22.8. The Morgan fingerprint density at radius 2 is 1.00 bits per heavy atom. The average Bonchev–Trinajstić information content (AvgIpc) is 2.06. The van der Waals surface area contributed by atoms with Crippen molar-refractivity contribution >= 4 is 35.8 Å². The summed E-state index contributed by atoms with van der Waals surface area (Å²) in [5, 5.41) is 0. The van der Waals surface area contributed by atoms with Gasteiger partial charge in [0.1, 0.15) is 11.2 Å². The molecule has 0 aromatic carbocycles. The molecule has 0 amide bonds. The van der Waals surface area contributed by atoms with Crippen molar-refractivity contribution in [3.05, 3.63) is 0 Å². The monoisotopic (exact) mass is 380 g/mol. The SMILES string of the molecule is CC(C)(C)OC(=O)CCCCC(=O)OC(C)(C)C.[SnH2]. The van der Waals surface area contributed by atoms with Gasteiger partial charge in [-0.15, -0.1) is 0 Å². The third-order valence-electron chi connectivity index (χ3n) is 1.85. The van der Waals surface area contributed by atoms with Crippen LogP contribution in [0.3, 0.4) is 0 Å². The summed E-state index contributed by atoms with van der Waals surface area (Å²) in [6.45, 7) is 11.0. The topological polar surface area (TPSA) is 52.6 Å². The molecule has 0 saturated carbocycles. The molecule has 0 heterocycles. The molecule has 0 fully saturated rings. The Balaban J connectivity index is 0. The van der Waals surface area contributed by atoms with E-state index in [2.05, 4.69) is 0 Å². The van der Waals surface area contributed by atoms with Gasteiger partial charge in [-0.25, -0.2) is 0 Å². The molecule has 0 unspecified atom stereocenters. The van der Waals surface area contributed by atoms with E-state index in [0.29, 0.717) is 25.7 Å². The summed E-state index contributed by atoms with van der Waals surface area (Å²) in [6.07, 6.45) is 1.99. The Hall–Kier alpha value is -0.261. The first-order chi connectivity index (χ1) is 7.99. The molecule has 0 spiro atoms. The van der Waals surface area contributed by atoms with Gasteiger partial charge < -0.3 is 9.47 Å². The Morgan fingerprint density at radius 1 is 0.737 bits per heavy atom. The normalized spacial score (nSPS) is 11.5. The van der Waals surface area contributed by atoms with Crippen LogP contribution in [0.5, 0.6) is 0 Å². The van der Waals surface area contributed by atoms with Crippen LogP contribution in [-0.4, -0.2) is 47.0 Å². The van der Waals surface area contributed by atoms with Crippen LogP contribution in [-0.2, 0) is 19.1 Å². The summed E-state index contributed by atoms with van der Waals surface area (Å²) >= 11 is 0. The third-order valence-corrected chi connectivity index (χ3v) is 1.85. The van der Waals surface area contributed by atoms with Crippen molar-refractivity contribution in [2.75, 3.05) is 0 Å². The van der Waals surface area contributed by atoms with Crippen molar-refractivity contribution in [1.29, 1.82) is 0 Å². The van der Waals surface area contributed by atoms with Crippen LogP contribution in [0.1, 0.15) is 67.2 Å². The molecule has 5 heteroatoms. The molecule has 0 bridgehead atoms. The van der Waals surface area contributed by atoms with E-state index in [0.717, 1.165) is 0 Å². The van der Waals surface area contributed by atoms with Crippen molar-refractivity contribution in [1.82, 2.24) is 0 Å². The molecule has 0 atom stereocenters. The van der Waals surface area contributed by atoms with Gasteiger partial charge in [0.2, 0.25) is 0 Å².